The Labute approximate surface area is 111 Å². The summed E-state index contributed by atoms with van der Waals surface area (Å²) in [7, 11) is 1.44. The summed E-state index contributed by atoms with van der Waals surface area (Å²) in [6, 6.07) is 0. The van der Waals surface area contributed by atoms with E-state index >= 15 is 0 Å². The van der Waals surface area contributed by atoms with E-state index in [9.17, 15) is 4.79 Å². The Balaban J connectivity index is 2.09. The van der Waals surface area contributed by atoms with Gasteiger partial charge in [-0.15, -0.1) is 0 Å². The average molecular weight is 269 g/mol. The number of carbonyl (C=O) groups excluding carboxylic acids is 1. The van der Waals surface area contributed by atoms with Crippen LogP contribution in [0.25, 0.3) is 0 Å². The summed E-state index contributed by atoms with van der Waals surface area (Å²) in [5, 5.41) is 0.914. The van der Waals surface area contributed by atoms with E-state index in [1.807, 2.05) is 0 Å². The standard InChI is InChI=1S/C12H19N3O2S/c1-7(2)10-13-12(18-14-10)15-5-8(3)9(6-15)11(16)17-4/h7-9H,5-6H2,1-4H3. The lowest BCUT2D eigenvalue weighted by Crippen LogP contribution is -2.24. The van der Waals surface area contributed by atoms with Crippen LogP contribution in [-0.2, 0) is 9.53 Å². The summed E-state index contributed by atoms with van der Waals surface area (Å²) < 4.78 is 9.18. The number of methoxy groups -OCH3 is 1. The number of aromatic nitrogens is 2. The molecule has 0 bridgehead atoms. The van der Waals surface area contributed by atoms with Gasteiger partial charge in [0.15, 0.2) is 0 Å². The Morgan fingerprint density at radius 1 is 1.50 bits per heavy atom. The van der Waals surface area contributed by atoms with Crippen LogP contribution in [0.4, 0.5) is 5.13 Å². The largest absolute Gasteiger partial charge is 0.469 e. The van der Waals surface area contributed by atoms with Crippen LogP contribution in [0.3, 0.4) is 0 Å². The third-order valence-electron chi connectivity index (χ3n) is 3.33. The predicted octanol–water partition coefficient (Wildman–Crippen LogP) is 1.91. The van der Waals surface area contributed by atoms with Crippen LogP contribution >= 0.6 is 11.5 Å². The molecule has 2 rings (SSSR count). The van der Waals surface area contributed by atoms with Crippen molar-refractivity contribution in [2.75, 3.05) is 25.1 Å². The Kier molecular flexibility index (Phi) is 3.85. The van der Waals surface area contributed by atoms with E-state index in [-0.39, 0.29) is 11.9 Å². The van der Waals surface area contributed by atoms with E-state index < -0.39 is 0 Å². The first-order valence-electron chi connectivity index (χ1n) is 6.19. The second-order valence-electron chi connectivity index (χ2n) is 5.10. The quantitative estimate of drug-likeness (QED) is 0.785. The minimum absolute atomic E-state index is 0.0543. The fourth-order valence-electron chi connectivity index (χ4n) is 2.17. The van der Waals surface area contributed by atoms with Crippen molar-refractivity contribution in [1.29, 1.82) is 0 Å². The molecule has 1 aromatic rings. The van der Waals surface area contributed by atoms with Gasteiger partial charge in [0.25, 0.3) is 0 Å². The van der Waals surface area contributed by atoms with Crippen molar-refractivity contribution in [2.45, 2.75) is 26.7 Å². The van der Waals surface area contributed by atoms with Gasteiger partial charge in [-0.05, 0) is 5.92 Å². The lowest BCUT2D eigenvalue weighted by molar-refractivity contribution is -0.145. The van der Waals surface area contributed by atoms with Gasteiger partial charge in [0.05, 0.1) is 13.0 Å². The summed E-state index contributed by atoms with van der Waals surface area (Å²) in [4.78, 5) is 18.3. The van der Waals surface area contributed by atoms with Crippen LogP contribution in [-0.4, -0.2) is 35.5 Å². The van der Waals surface area contributed by atoms with E-state index in [2.05, 4.69) is 35.0 Å². The molecule has 0 aliphatic carbocycles. The molecule has 1 aromatic heterocycles. The van der Waals surface area contributed by atoms with Crippen molar-refractivity contribution in [2.24, 2.45) is 11.8 Å². The number of ether oxygens (including phenoxy) is 1. The summed E-state index contributed by atoms with van der Waals surface area (Å²) in [5.41, 5.74) is 0. The first-order valence-corrected chi connectivity index (χ1v) is 6.96. The Bertz CT molecular complexity index is 433. The van der Waals surface area contributed by atoms with Crippen LogP contribution in [0.5, 0.6) is 0 Å². The molecule has 1 aliphatic heterocycles. The van der Waals surface area contributed by atoms with Crippen molar-refractivity contribution in [3.05, 3.63) is 5.82 Å². The highest BCUT2D eigenvalue weighted by Gasteiger charge is 2.36. The van der Waals surface area contributed by atoms with Gasteiger partial charge in [-0.3, -0.25) is 4.79 Å². The highest BCUT2D eigenvalue weighted by Crippen LogP contribution is 2.30. The van der Waals surface area contributed by atoms with Gasteiger partial charge in [0.2, 0.25) is 5.13 Å². The van der Waals surface area contributed by atoms with Crippen molar-refractivity contribution in [1.82, 2.24) is 9.36 Å². The molecule has 2 heterocycles. The zero-order valence-electron chi connectivity index (χ0n) is 11.2. The zero-order valence-corrected chi connectivity index (χ0v) is 12.0. The van der Waals surface area contributed by atoms with Gasteiger partial charge in [-0.25, -0.2) is 4.98 Å². The molecule has 6 heteroatoms. The van der Waals surface area contributed by atoms with E-state index in [0.29, 0.717) is 18.4 Å². The van der Waals surface area contributed by atoms with Crippen LogP contribution < -0.4 is 4.90 Å². The van der Waals surface area contributed by atoms with Crippen molar-refractivity contribution < 1.29 is 9.53 Å². The van der Waals surface area contributed by atoms with Gasteiger partial charge >= 0.3 is 5.97 Å². The molecule has 0 radical (unpaired) electrons. The number of nitrogens with zero attached hydrogens (tertiary/aromatic N) is 3. The SMILES string of the molecule is COC(=O)C1CN(c2nc(C(C)C)ns2)CC1C. The summed E-state index contributed by atoms with van der Waals surface area (Å²) in [5.74, 6) is 1.33. The van der Waals surface area contributed by atoms with E-state index in [1.54, 1.807) is 0 Å². The topological polar surface area (TPSA) is 55.3 Å². The molecular formula is C12H19N3O2S. The van der Waals surface area contributed by atoms with Crippen molar-refractivity contribution in [3.8, 4) is 0 Å². The normalized spacial score (nSPS) is 23.7. The number of hydrogen-bond donors (Lipinski definition) is 0. The second kappa shape index (κ2) is 5.22. The molecule has 18 heavy (non-hydrogen) atoms. The first-order chi connectivity index (χ1) is 8.52. The molecule has 1 saturated heterocycles. The Morgan fingerprint density at radius 3 is 2.78 bits per heavy atom. The molecule has 0 spiro atoms. The molecule has 100 valence electrons. The van der Waals surface area contributed by atoms with Crippen LogP contribution in [0.1, 0.15) is 32.5 Å². The van der Waals surface area contributed by atoms with E-state index in [0.717, 1.165) is 17.5 Å². The second-order valence-corrected chi connectivity index (χ2v) is 5.83. The minimum Gasteiger partial charge on any atom is -0.469 e. The Hall–Kier alpha value is -1.17. The molecule has 1 aliphatic rings. The van der Waals surface area contributed by atoms with E-state index in [4.69, 9.17) is 4.74 Å². The average Bonchev–Trinajstić information content (AvgIpc) is 2.94. The Morgan fingerprint density at radius 2 is 2.22 bits per heavy atom. The smallest absolute Gasteiger partial charge is 0.310 e. The maximum Gasteiger partial charge on any atom is 0.310 e. The summed E-state index contributed by atoms with van der Waals surface area (Å²) in [6.45, 7) is 7.75. The number of esters is 1. The molecule has 5 nitrogen and oxygen atoms in total. The molecule has 0 saturated carbocycles. The third kappa shape index (κ3) is 2.48. The van der Waals surface area contributed by atoms with Gasteiger partial charge < -0.3 is 9.64 Å². The zero-order chi connectivity index (χ0) is 13.3. The van der Waals surface area contributed by atoms with Crippen LogP contribution in [0.2, 0.25) is 0 Å². The first kappa shape index (κ1) is 13.3. The number of carbonyl (C=O) groups is 1. The third-order valence-corrected chi connectivity index (χ3v) is 4.13. The molecule has 1 fully saturated rings. The lowest BCUT2D eigenvalue weighted by Gasteiger charge is -2.13. The fourth-order valence-corrected chi connectivity index (χ4v) is 3.00. The summed E-state index contributed by atoms with van der Waals surface area (Å²) in [6.07, 6.45) is 0. The van der Waals surface area contributed by atoms with Gasteiger partial charge in [-0.2, -0.15) is 4.37 Å². The molecule has 2 atom stereocenters. The molecule has 0 N–H and O–H groups in total. The van der Waals surface area contributed by atoms with Crippen LogP contribution in [0.15, 0.2) is 0 Å². The monoisotopic (exact) mass is 269 g/mol. The number of anilines is 1. The fraction of sp³-hybridized carbons (Fsp3) is 0.750. The van der Waals surface area contributed by atoms with E-state index in [1.165, 1.54) is 18.6 Å². The molecular weight excluding hydrogens is 250 g/mol. The van der Waals surface area contributed by atoms with Crippen LogP contribution in [0, 0.1) is 11.8 Å². The number of rotatable bonds is 3. The highest BCUT2D eigenvalue weighted by molar-refractivity contribution is 7.09. The van der Waals surface area contributed by atoms with Gasteiger partial charge in [0, 0.05) is 30.5 Å². The van der Waals surface area contributed by atoms with Gasteiger partial charge in [-0.1, -0.05) is 20.8 Å². The van der Waals surface area contributed by atoms with Crippen molar-refractivity contribution >= 4 is 22.6 Å². The highest BCUT2D eigenvalue weighted by atomic mass is 32.1. The van der Waals surface area contributed by atoms with Gasteiger partial charge in [0.1, 0.15) is 5.82 Å². The maximum atomic E-state index is 11.6. The molecule has 0 amide bonds. The maximum absolute atomic E-state index is 11.6. The summed E-state index contributed by atoms with van der Waals surface area (Å²) >= 11 is 1.41. The molecule has 2 unspecified atom stereocenters. The minimum atomic E-state index is -0.126. The number of hydrogen-bond acceptors (Lipinski definition) is 6. The predicted molar refractivity (Wildman–Crippen MR) is 70.9 cm³/mol. The molecule has 0 aromatic carbocycles. The lowest BCUT2D eigenvalue weighted by atomic mass is 9.99. The van der Waals surface area contributed by atoms with Crippen molar-refractivity contribution in [3.63, 3.8) is 0 Å².